The number of guanidine groups is 1. The van der Waals surface area contributed by atoms with Gasteiger partial charge in [0.05, 0.1) is 6.54 Å². The third-order valence-corrected chi connectivity index (χ3v) is 5.08. The summed E-state index contributed by atoms with van der Waals surface area (Å²) >= 11 is 0. The Labute approximate surface area is 197 Å². The summed E-state index contributed by atoms with van der Waals surface area (Å²) in [5, 5.41) is 6.55. The molecule has 1 amide bonds. The molecule has 2 N–H and O–H groups in total. The number of carbonyl (C=O) groups excluding carboxylic acids is 1. The van der Waals surface area contributed by atoms with Gasteiger partial charge in [-0.25, -0.2) is 0 Å². The molecule has 0 aromatic heterocycles. The highest BCUT2D eigenvalue weighted by atomic mass is 127. The van der Waals surface area contributed by atoms with E-state index in [4.69, 9.17) is 9.47 Å². The van der Waals surface area contributed by atoms with Gasteiger partial charge in [-0.2, -0.15) is 0 Å². The fourth-order valence-corrected chi connectivity index (χ4v) is 3.77. The molecule has 2 heterocycles. The summed E-state index contributed by atoms with van der Waals surface area (Å²) in [6.07, 6.45) is 3.46. The van der Waals surface area contributed by atoms with Crippen LogP contribution in [0.5, 0.6) is 11.5 Å². The van der Waals surface area contributed by atoms with Crippen molar-refractivity contribution in [2.24, 2.45) is 4.99 Å². The number of hydrogen-bond acceptors (Lipinski definition) is 4. The third kappa shape index (κ3) is 6.92. The Morgan fingerprint density at radius 1 is 1.33 bits per heavy atom. The Kier molecular flexibility index (Phi) is 9.51. The fraction of sp³-hybridized carbons (Fsp3) is 0.636. The lowest BCUT2D eigenvalue weighted by atomic mass is 10.0. The van der Waals surface area contributed by atoms with Gasteiger partial charge in [-0.05, 0) is 39.7 Å². The summed E-state index contributed by atoms with van der Waals surface area (Å²) in [5.41, 5.74) is 1.02. The maximum Gasteiger partial charge on any atom is 0.222 e. The number of fused-ring (bicyclic) bond motifs is 1. The molecule has 2 aliphatic rings. The van der Waals surface area contributed by atoms with Gasteiger partial charge in [-0.3, -0.25) is 9.79 Å². The van der Waals surface area contributed by atoms with Crippen molar-refractivity contribution in [2.75, 3.05) is 39.3 Å². The van der Waals surface area contributed by atoms with Crippen LogP contribution in [0.1, 0.15) is 45.6 Å². The zero-order valence-electron chi connectivity index (χ0n) is 18.3. The highest BCUT2D eigenvalue weighted by Crippen LogP contribution is 2.41. The van der Waals surface area contributed by atoms with Crippen LogP contribution in [0.2, 0.25) is 0 Å². The van der Waals surface area contributed by atoms with Crippen molar-refractivity contribution in [1.82, 2.24) is 15.5 Å². The number of amides is 1. The Morgan fingerprint density at radius 2 is 2.17 bits per heavy atom. The molecular formula is C22H35IN4O3. The number of nitrogens with zero attached hydrogens (tertiary/aromatic N) is 2. The van der Waals surface area contributed by atoms with E-state index in [2.05, 4.69) is 35.5 Å². The minimum absolute atomic E-state index is 0. The van der Waals surface area contributed by atoms with Crippen molar-refractivity contribution in [1.29, 1.82) is 0 Å². The highest BCUT2D eigenvalue weighted by molar-refractivity contribution is 14.0. The van der Waals surface area contributed by atoms with Crippen molar-refractivity contribution in [3.05, 3.63) is 23.8 Å². The van der Waals surface area contributed by atoms with Gasteiger partial charge in [-0.15, -0.1) is 24.0 Å². The van der Waals surface area contributed by atoms with Crippen LogP contribution in [-0.2, 0) is 11.2 Å². The number of hydrogen-bond donors (Lipinski definition) is 2. The summed E-state index contributed by atoms with van der Waals surface area (Å²) in [6, 6.07) is 6.07. The molecule has 30 heavy (non-hydrogen) atoms. The monoisotopic (exact) mass is 530 g/mol. The van der Waals surface area contributed by atoms with E-state index in [0.29, 0.717) is 26.1 Å². The van der Waals surface area contributed by atoms with Crippen LogP contribution in [0, 0.1) is 0 Å². The average Bonchev–Trinajstić information content (AvgIpc) is 3.23. The number of halogens is 1. The van der Waals surface area contributed by atoms with E-state index in [1.807, 2.05) is 24.0 Å². The first-order valence-electron chi connectivity index (χ1n) is 10.7. The first-order valence-corrected chi connectivity index (χ1v) is 10.7. The van der Waals surface area contributed by atoms with Gasteiger partial charge in [0.15, 0.2) is 17.5 Å². The SMILES string of the molecule is CCNC(=NCCCN1CCCC1=O)NCCOc1cccc2c1OC(C)(C)C2.I. The van der Waals surface area contributed by atoms with Crippen LogP contribution in [0.15, 0.2) is 23.2 Å². The van der Waals surface area contributed by atoms with Crippen molar-refractivity contribution in [3.63, 3.8) is 0 Å². The minimum atomic E-state index is -0.176. The maximum absolute atomic E-state index is 11.6. The molecule has 0 bridgehead atoms. The standard InChI is InChI=1S/C22H34N4O3.HI/c1-4-23-21(24-11-7-14-26-13-6-10-19(26)27)25-12-15-28-18-9-5-8-17-16-22(2,3)29-20(17)18;/h5,8-9H,4,6-7,10-16H2,1-3H3,(H2,23,24,25);1H. The number of ether oxygens (including phenoxy) is 2. The van der Waals surface area contributed by atoms with Crippen LogP contribution in [0.4, 0.5) is 0 Å². The highest BCUT2D eigenvalue weighted by Gasteiger charge is 2.32. The second kappa shape index (κ2) is 11.6. The lowest BCUT2D eigenvalue weighted by Crippen LogP contribution is -2.39. The largest absolute Gasteiger partial charge is 0.488 e. The van der Waals surface area contributed by atoms with Crippen LogP contribution in [0.25, 0.3) is 0 Å². The zero-order chi connectivity index (χ0) is 20.7. The molecule has 1 aromatic rings. The lowest BCUT2D eigenvalue weighted by molar-refractivity contribution is -0.127. The number of carbonyl (C=O) groups is 1. The van der Waals surface area contributed by atoms with Gasteiger partial charge in [0.1, 0.15) is 12.2 Å². The van der Waals surface area contributed by atoms with Gasteiger partial charge in [0.2, 0.25) is 5.91 Å². The van der Waals surface area contributed by atoms with Crippen molar-refractivity contribution in [3.8, 4) is 11.5 Å². The number of likely N-dealkylation sites (tertiary alicyclic amines) is 1. The topological polar surface area (TPSA) is 75.2 Å². The smallest absolute Gasteiger partial charge is 0.222 e. The van der Waals surface area contributed by atoms with E-state index in [0.717, 1.165) is 56.4 Å². The van der Waals surface area contributed by atoms with E-state index in [1.165, 1.54) is 5.56 Å². The molecule has 1 aromatic carbocycles. The fourth-order valence-electron chi connectivity index (χ4n) is 3.77. The molecule has 1 saturated heterocycles. The van der Waals surface area contributed by atoms with Gasteiger partial charge >= 0.3 is 0 Å². The maximum atomic E-state index is 11.6. The average molecular weight is 530 g/mol. The van der Waals surface area contributed by atoms with Crippen LogP contribution >= 0.6 is 24.0 Å². The molecule has 0 unspecified atom stereocenters. The third-order valence-electron chi connectivity index (χ3n) is 5.08. The summed E-state index contributed by atoms with van der Waals surface area (Å²) in [7, 11) is 0. The van der Waals surface area contributed by atoms with Gasteiger partial charge < -0.3 is 25.0 Å². The van der Waals surface area contributed by atoms with E-state index in [9.17, 15) is 4.79 Å². The molecule has 168 valence electrons. The molecule has 0 saturated carbocycles. The van der Waals surface area contributed by atoms with Gasteiger partial charge in [0.25, 0.3) is 0 Å². The number of para-hydroxylation sites is 1. The quantitative estimate of drug-likeness (QED) is 0.222. The van der Waals surface area contributed by atoms with E-state index in [-0.39, 0.29) is 35.5 Å². The Balaban J connectivity index is 0.00000320. The van der Waals surface area contributed by atoms with Crippen LogP contribution in [-0.4, -0.2) is 61.7 Å². The molecule has 0 radical (unpaired) electrons. The molecule has 0 aliphatic carbocycles. The molecule has 7 nitrogen and oxygen atoms in total. The van der Waals surface area contributed by atoms with Crippen molar-refractivity contribution < 1.29 is 14.3 Å². The summed E-state index contributed by atoms with van der Waals surface area (Å²) < 4.78 is 12.0. The molecule has 1 fully saturated rings. The van der Waals surface area contributed by atoms with Crippen molar-refractivity contribution >= 4 is 35.8 Å². The predicted molar refractivity (Wildman–Crippen MR) is 130 cm³/mol. The normalized spacial score (nSPS) is 17.2. The lowest BCUT2D eigenvalue weighted by Gasteiger charge is -2.18. The number of aliphatic imine (C=N–C) groups is 1. The van der Waals surface area contributed by atoms with E-state index in [1.54, 1.807) is 0 Å². The predicted octanol–water partition coefficient (Wildman–Crippen LogP) is 2.96. The number of rotatable bonds is 9. The Bertz CT molecular complexity index is 739. The summed E-state index contributed by atoms with van der Waals surface area (Å²) in [5.74, 6) is 2.72. The molecule has 0 spiro atoms. The molecular weight excluding hydrogens is 495 g/mol. The number of benzene rings is 1. The summed E-state index contributed by atoms with van der Waals surface area (Å²) in [6.45, 7) is 10.6. The van der Waals surface area contributed by atoms with Crippen molar-refractivity contribution in [2.45, 2.75) is 52.1 Å². The Hall–Kier alpha value is -1.71. The van der Waals surface area contributed by atoms with Crippen LogP contribution in [0.3, 0.4) is 0 Å². The van der Waals surface area contributed by atoms with Gasteiger partial charge in [-0.1, -0.05) is 12.1 Å². The first-order chi connectivity index (χ1) is 14.0. The molecule has 8 heteroatoms. The zero-order valence-corrected chi connectivity index (χ0v) is 20.7. The summed E-state index contributed by atoms with van der Waals surface area (Å²) in [4.78, 5) is 18.2. The number of nitrogens with one attached hydrogen (secondary N) is 2. The first kappa shape index (κ1) is 24.6. The second-order valence-electron chi connectivity index (χ2n) is 8.16. The van der Waals surface area contributed by atoms with E-state index >= 15 is 0 Å². The minimum Gasteiger partial charge on any atom is -0.488 e. The molecule has 0 atom stereocenters. The molecule has 3 rings (SSSR count). The second-order valence-corrected chi connectivity index (χ2v) is 8.16. The molecule has 2 aliphatic heterocycles. The Morgan fingerprint density at radius 3 is 2.90 bits per heavy atom. The van der Waals surface area contributed by atoms with Gasteiger partial charge in [0, 0.05) is 44.6 Å². The van der Waals surface area contributed by atoms with Crippen LogP contribution < -0.4 is 20.1 Å². The van der Waals surface area contributed by atoms with E-state index < -0.39 is 0 Å².